The molecule has 4 rings (SSSR count). The molecule has 0 fully saturated rings. The van der Waals surface area contributed by atoms with Crippen molar-refractivity contribution < 1.29 is 39.5 Å². The predicted octanol–water partition coefficient (Wildman–Crippen LogP) is 0.876. The van der Waals surface area contributed by atoms with Crippen LogP contribution in [0.1, 0.15) is 12.0 Å². The number of nitrogens with one attached hydrogen (secondary N) is 1. The molecule has 1 radical (unpaired) electrons. The van der Waals surface area contributed by atoms with Crippen LogP contribution in [0.15, 0.2) is 57.8 Å². The summed E-state index contributed by atoms with van der Waals surface area (Å²) in [5.41, 5.74) is 6.81. The van der Waals surface area contributed by atoms with Crippen LogP contribution in [0, 0.1) is 28.7 Å². The van der Waals surface area contributed by atoms with E-state index in [2.05, 4.69) is 22.2 Å². The fraction of sp³-hybridized carbons (Fsp3) is 0.125. The summed E-state index contributed by atoms with van der Waals surface area (Å²) in [6, 6.07) is 4.24. The number of carbonyl (C=O) groups is 1. The maximum absolute atomic E-state index is 15.0. The van der Waals surface area contributed by atoms with E-state index in [1.807, 2.05) is 12.2 Å². The van der Waals surface area contributed by atoms with Crippen LogP contribution in [0.5, 0.6) is 0 Å². The zero-order chi connectivity index (χ0) is 22.8. The molecule has 0 saturated carbocycles. The van der Waals surface area contributed by atoms with Crippen molar-refractivity contribution >= 4 is 35.1 Å². The van der Waals surface area contributed by atoms with E-state index in [0.717, 1.165) is 17.7 Å². The number of rotatable bonds is 5. The maximum atomic E-state index is 15.0. The van der Waals surface area contributed by atoms with Gasteiger partial charge in [0.15, 0.2) is 0 Å². The summed E-state index contributed by atoms with van der Waals surface area (Å²) in [5.74, 6) is -1.49. The van der Waals surface area contributed by atoms with Crippen molar-refractivity contribution in [2.24, 2.45) is 5.73 Å². The van der Waals surface area contributed by atoms with Crippen LogP contribution in [0.3, 0.4) is 0 Å². The van der Waals surface area contributed by atoms with E-state index in [1.165, 1.54) is 12.1 Å². The van der Waals surface area contributed by atoms with E-state index < -0.39 is 50.5 Å². The molecule has 34 heavy (non-hydrogen) atoms. The van der Waals surface area contributed by atoms with Crippen molar-refractivity contribution in [1.82, 2.24) is 3.53 Å². The van der Waals surface area contributed by atoms with Gasteiger partial charge in [0, 0.05) is 0 Å². The van der Waals surface area contributed by atoms with E-state index in [4.69, 9.17) is 10.2 Å². The Morgan fingerprint density at radius 1 is 1.26 bits per heavy atom. The van der Waals surface area contributed by atoms with Gasteiger partial charge in [-0.2, -0.15) is 0 Å². The summed E-state index contributed by atoms with van der Waals surface area (Å²) >= 11 is 2.74. The van der Waals surface area contributed by atoms with Crippen LogP contribution in [0.2, 0.25) is 0 Å². The Morgan fingerprint density at radius 3 is 2.76 bits per heavy atom. The van der Waals surface area contributed by atoms with Crippen molar-refractivity contribution in [2.75, 3.05) is 5.75 Å². The topological polar surface area (TPSA) is 85.3 Å². The molecule has 1 atom stereocenters. The van der Waals surface area contributed by atoms with E-state index in [9.17, 15) is 14.0 Å². The monoisotopic (exact) mass is 843 g/mol. The predicted molar refractivity (Wildman–Crippen MR) is 124 cm³/mol. The fourth-order valence-electron chi connectivity index (χ4n) is 3.23. The van der Waals surface area contributed by atoms with Crippen LogP contribution in [0.25, 0.3) is 27.9 Å². The first kappa shape index (κ1) is 26.7. The Balaban J connectivity index is 0.00000204. The fourth-order valence-corrected chi connectivity index (χ4v) is 5.20. The van der Waals surface area contributed by atoms with Crippen LogP contribution in [-0.4, -0.2) is 17.7 Å². The number of hydrogen-bond acceptors (Lipinski definition) is 5. The van der Waals surface area contributed by atoms with Crippen LogP contribution in [-0.2, 0) is 4.79 Å². The van der Waals surface area contributed by atoms with E-state index in [-0.39, 0.29) is 22.5 Å². The summed E-state index contributed by atoms with van der Waals surface area (Å²) in [7, 11) is 0. The molecule has 3 aliphatic rings. The van der Waals surface area contributed by atoms with Gasteiger partial charge < -0.3 is 7.43 Å². The quantitative estimate of drug-likeness (QED) is 0.117. The van der Waals surface area contributed by atoms with Gasteiger partial charge in [-0.15, -0.1) is 0 Å². The number of thiol groups is 1. The minimum atomic E-state index is -1.25. The zero-order valence-electron chi connectivity index (χ0n) is 17.8. The minimum absolute atomic E-state index is 0. The van der Waals surface area contributed by atoms with Crippen LogP contribution >= 0.6 is 12.6 Å². The molecule has 1 heterocycles. The zero-order valence-corrected chi connectivity index (χ0v) is 23.0. The molecular weight excluding hydrogens is 823 g/mol. The molecule has 0 saturated heterocycles. The third-order valence-electron chi connectivity index (χ3n) is 4.81. The SMILES string of the molecule is N[C@@H](CS)C(=O)N[I-]c1cc2oc3cc(=O)c(F)cc-3c(C3=CC[C-]=CC=C3)c2cc1F.[CH3-].[Lr]. The molecular formula is C24H20F2ILrN2O3S-3. The molecule has 189 valence electrons. The van der Waals surface area contributed by atoms with E-state index in [0.29, 0.717) is 28.5 Å². The Hall–Kier alpha value is -3.50. The average Bonchev–Trinajstić information content (AvgIpc) is 3.06. The standard InChI is InChI=1S/C23H17F2IN2O3S.CH3.Lr/c24-15-7-13-20(9-17(15)26-28-23(30)18(27)11-32)31-21-10-19(29)16(25)8-14(21)22(13)12-5-3-1-2-4-6-12;;/h1,3,5-10,18,32H,4,11,27H2,(H,28,30);1H3;/q-2;-1;/t18-;;/m0../s1. The van der Waals surface area contributed by atoms with Crippen LogP contribution < -0.4 is 36.2 Å². The number of carbonyl (C=O) groups excluding carboxylic acids is 1. The van der Waals surface area contributed by atoms with Crippen molar-refractivity contribution in [3.05, 3.63) is 93.1 Å². The van der Waals surface area contributed by atoms with Crippen molar-refractivity contribution in [3.8, 4) is 11.3 Å². The van der Waals surface area contributed by atoms with Gasteiger partial charge in [-0.3, -0.25) is 0 Å². The van der Waals surface area contributed by atoms with Gasteiger partial charge in [0.1, 0.15) is 0 Å². The first-order chi connectivity index (χ1) is 15.4. The van der Waals surface area contributed by atoms with Gasteiger partial charge >= 0.3 is 199 Å². The number of hydrogen-bond donors (Lipinski definition) is 3. The number of benzene rings is 2. The van der Waals surface area contributed by atoms with Crippen molar-refractivity contribution in [3.63, 3.8) is 0 Å². The second-order valence-electron chi connectivity index (χ2n) is 6.95. The van der Waals surface area contributed by atoms with Gasteiger partial charge in [-0.1, -0.05) is 0 Å². The minimum Gasteiger partial charge on any atom is -0.358 e. The molecule has 1 aromatic carbocycles. The third-order valence-corrected chi connectivity index (χ3v) is 7.41. The number of halogens is 3. The summed E-state index contributed by atoms with van der Waals surface area (Å²) in [4.78, 5) is 23.9. The molecule has 5 nitrogen and oxygen atoms in total. The molecule has 0 aromatic heterocycles. The molecule has 1 amide bonds. The Kier molecular flexibility index (Phi) is 8.72. The summed E-state index contributed by atoms with van der Waals surface area (Å²) in [6.45, 7) is 0. The molecule has 0 bridgehead atoms. The average molecular weight is 843 g/mol. The van der Waals surface area contributed by atoms with Gasteiger partial charge in [-0.05, 0) is 0 Å². The molecule has 10 heteroatoms. The number of fused-ring (bicyclic) bond motifs is 2. The van der Waals surface area contributed by atoms with Gasteiger partial charge in [0.2, 0.25) is 0 Å². The maximum Gasteiger partial charge on any atom is 0 e. The third kappa shape index (κ3) is 5.18. The second kappa shape index (κ2) is 11.1. The molecule has 0 spiro atoms. The summed E-state index contributed by atoms with van der Waals surface area (Å²) < 4.78 is 38.0. The number of nitrogens with two attached hydrogens (primary N) is 1. The molecule has 2 aliphatic carbocycles. The summed E-state index contributed by atoms with van der Waals surface area (Å²) in [5, 5.41) is 0.428. The van der Waals surface area contributed by atoms with E-state index >= 15 is 4.39 Å². The normalized spacial score (nSPS) is 13.7. The smallest absolute Gasteiger partial charge is 0 e. The van der Waals surface area contributed by atoms with Gasteiger partial charge in [0.25, 0.3) is 0 Å². The van der Waals surface area contributed by atoms with Crippen LogP contribution in [0.4, 0.5) is 8.78 Å². The van der Waals surface area contributed by atoms with E-state index in [1.54, 1.807) is 12.2 Å². The first-order valence-corrected chi connectivity index (χ1v) is 12.3. The Morgan fingerprint density at radius 2 is 2.03 bits per heavy atom. The number of amides is 1. The Bertz CT molecular complexity index is 1340. The largest absolute Gasteiger partial charge is 0.358 e. The van der Waals surface area contributed by atoms with Crippen molar-refractivity contribution in [1.29, 1.82) is 0 Å². The van der Waals surface area contributed by atoms with Gasteiger partial charge in [0.05, 0.1) is 0 Å². The second-order valence-corrected chi connectivity index (χ2v) is 9.56. The number of allylic oxidation sites excluding steroid dienone is 6. The van der Waals surface area contributed by atoms with Crippen molar-refractivity contribution in [2.45, 2.75) is 12.5 Å². The summed E-state index contributed by atoms with van der Waals surface area (Å²) in [6.07, 6.45) is 10.8. The van der Waals surface area contributed by atoms with Gasteiger partial charge in [-0.25, -0.2) is 0 Å². The molecule has 1 aliphatic heterocycles. The Labute approximate surface area is 205 Å². The first-order valence-electron chi connectivity index (χ1n) is 9.52. The molecule has 1 aromatic rings. The molecule has 0 unspecified atom stereocenters. The molecule has 3 N–H and O–H groups in total.